The maximum absolute atomic E-state index is 13.4. The number of ether oxygens (including phenoxy) is 1. The lowest BCUT2D eigenvalue weighted by molar-refractivity contribution is 0.122. The largest absolute Gasteiger partial charge is 0.378 e. The van der Waals surface area contributed by atoms with Crippen molar-refractivity contribution in [2.45, 2.75) is 19.9 Å². The summed E-state index contributed by atoms with van der Waals surface area (Å²) in [7, 11) is 0. The number of urea groups is 1. The van der Waals surface area contributed by atoms with Crippen LogP contribution < -0.4 is 25.7 Å². The van der Waals surface area contributed by atoms with Crippen LogP contribution >= 0.6 is 11.3 Å². The molecule has 1 fully saturated rings. The summed E-state index contributed by atoms with van der Waals surface area (Å²) in [5.41, 5.74) is 4.05. The maximum atomic E-state index is 13.4. The van der Waals surface area contributed by atoms with Crippen molar-refractivity contribution in [2.24, 2.45) is 4.99 Å². The van der Waals surface area contributed by atoms with Gasteiger partial charge < -0.3 is 30.2 Å². The standard InChI is InChI=1S/C27H35FN6O2S/c1-2-29-13-14-31-26(35)30-12-3-15-34-25(20-37-27(34)32-23-8-6-22(28)7-9-23)21-4-10-24(11-5-21)33-16-18-36-19-17-33/h4-11,20,29H,2-3,12-19H2,1H3,(H2,30,31,35)/b32-27-. The summed E-state index contributed by atoms with van der Waals surface area (Å²) in [6, 6.07) is 14.6. The molecule has 0 bridgehead atoms. The van der Waals surface area contributed by atoms with Crippen molar-refractivity contribution in [3.63, 3.8) is 0 Å². The highest BCUT2D eigenvalue weighted by atomic mass is 32.1. The lowest BCUT2D eigenvalue weighted by Crippen LogP contribution is -2.39. The highest BCUT2D eigenvalue weighted by molar-refractivity contribution is 7.07. The van der Waals surface area contributed by atoms with Crippen molar-refractivity contribution >= 4 is 28.7 Å². The molecule has 2 heterocycles. The third kappa shape index (κ3) is 7.88. The molecule has 37 heavy (non-hydrogen) atoms. The van der Waals surface area contributed by atoms with Crippen LogP contribution in [0.5, 0.6) is 0 Å². The van der Waals surface area contributed by atoms with E-state index in [0.29, 0.717) is 25.3 Å². The van der Waals surface area contributed by atoms with Gasteiger partial charge in [0.25, 0.3) is 0 Å². The first-order valence-corrected chi connectivity index (χ1v) is 13.7. The average Bonchev–Trinajstić information content (AvgIpc) is 3.33. The smallest absolute Gasteiger partial charge is 0.314 e. The summed E-state index contributed by atoms with van der Waals surface area (Å²) < 4.78 is 21.0. The minimum absolute atomic E-state index is 0.164. The number of benzene rings is 2. The number of rotatable bonds is 11. The van der Waals surface area contributed by atoms with Gasteiger partial charge in [-0.05, 0) is 54.9 Å². The maximum Gasteiger partial charge on any atom is 0.314 e. The van der Waals surface area contributed by atoms with E-state index in [1.54, 1.807) is 23.5 Å². The highest BCUT2D eigenvalue weighted by Gasteiger charge is 2.13. The molecule has 2 aromatic carbocycles. The Balaban J connectivity index is 1.48. The molecule has 0 unspecified atom stereocenters. The Hall–Kier alpha value is -3.21. The zero-order chi connectivity index (χ0) is 25.9. The van der Waals surface area contributed by atoms with E-state index < -0.39 is 0 Å². The fourth-order valence-corrected chi connectivity index (χ4v) is 5.05. The number of carbonyl (C=O) groups excluding carboxylic acids is 1. The van der Waals surface area contributed by atoms with Gasteiger partial charge in [0.15, 0.2) is 4.80 Å². The van der Waals surface area contributed by atoms with Crippen molar-refractivity contribution in [3.05, 3.63) is 64.5 Å². The minimum atomic E-state index is -0.283. The summed E-state index contributed by atoms with van der Waals surface area (Å²) in [6.07, 6.45) is 0.743. The van der Waals surface area contributed by atoms with Crippen LogP contribution in [-0.4, -0.2) is 63.1 Å². The van der Waals surface area contributed by atoms with Crippen LogP contribution in [-0.2, 0) is 11.3 Å². The molecule has 3 N–H and O–H groups in total. The van der Waals surface area contributed by atoms with E-state index in [1.807, 2.05) is 6.92 Å². The Kier molecular flexibility index (Phi) is 10.1. The Morgan fingerprint density at radius 3 is 2.49 bits per heavy atom. The number of amides is 2. The monoisotopic (exact) mass is 526 g/mol. The number of carbonyl (C=O) groups is 1. The van der Waals surface area contributed by atoms with Gasteiger partial charge in [-0.1, -0.05) is 19.1 Å². The molecule has 1 saturated heterocycles. The first-order chi connectivity index (χ1) is 18.1. The van der Waals surface area contributed by atoms with Crippen molar-refractivity contribution in [3.8, 4) is 11.3 Å². The van der Waals surface area contributed by atoms with E-state index in [4.69, 9.17) is 9.73 Å². The fourth-order valence-electron chi connectivity index (χ4n) is 4.10. The third-order valence-electron chi connectivity index (χ3n) is 6.07. The van der Waals surface area contributed by atoms with Crippen LogP contribution in [0.3, 0.4) is 0 Å². The molecular weight excluding hydrogens is 491 g/mol. The number of nitrogens with zero attached hydrogens (tertiary/aromatic N) is 3. The van der Waals surface area contributed by atoms with Crippen LogP contribution in [0.4, 0.5) is 20.6 Å². The van der Waals surface area contributed by atoms with E-state index in [2.05, 4.69) is 55.1 Å². The number of hydrogen-bond donors (Lipinski definition) is 3. The molecule has 1 aliphatic rings. The van der Waals surface area contributed by atoms with Gasteiger partial charge in [0.2, 0.25) is 0 Å². The molecule has 4 rings (SSSR count). The van der Waals surface area contributed by atoms with E-state index in [-0.39, 0.29) is 11.8 Å². The molecule has 1 aliphatic heterocycles. The number of halogens is 1. The van der Waals surface area contributed by atoms with E-state index in [1.165, 1.54) is 17.8 Å². The molecule has 198 valence electrons. The molecule has 0 aliphatic carbocycles. The molecule has 0 atom stereocenters. The SMILES string of the molecule is CCNCCNC(=O)NCCCn1c(-c2ccc(N3CCOCC3)cc2)cs/c1=N\c1ccc(F)cc1. The highest BCUT2D eigenvalue weighted by Crippen LogP contribution is 2.25. The van der Waals surface area contributed by atoms with Crippen LogP contribution in [0.2, 0.25) is 0 Å². The number of hydrogen-bond acceptors (Lipinski definition) is 6. The van der Waals surface area contributed by atoms with Crippen molar-refractivity contribution in [1.82, 2.24) is 20.5 Å². The number of morpholine rings is 1. The van der Waals surface area contributed by atoms with Crippen molar-refractivity contribution in [1.29, 1.82) is 0 Å². The second-order valence-corrected chi connectivity index (χ2v) is 9.52. The number of likely N-dealkylation sites (N-methyl/N-ethyl adjacent to an activating group) is 1. The summed E-state index contributed by atoms with van der Waals surface area (Å²) in [6.45, 7) is 8.77. The number of anilines is 1. The van der Waals surface area contributed by atoms with Crippen LogP contribution in [0, 0.1) is 5.82 Å². The predicted octanol–water partition coefficient (Wildman–Crippen LogP) is 3.72. The number of thiazole rings is 1. The van der Waals surface area contributed by atoms with Crippen molar-refractivity contribution in [2.75, 3.05) is 57.4 Å². The van der Waals surface area contributed by atoms with E-state index in [0.717, 1.165) is 61.9 Å². The van der Waals surface area contributed by atoms with Gasteiger partial charge in [-0.25, -0.2) is 14.2 Å². The fraction of sp³-hybridized carbons (Fsp3) is 0.407. The zero-order valence-electron chi connectivity index (χ0n) is 21.2. The Labute approximate surface area is 221 Å². The van der Waals surface area contributed by atoms with Crippen LogP contribution in [0.25, 0.3) is 11.3 Å². The van der Waals surface area contributed by atoms with Gasteiger partial charge in [-0.3, -0.25) is 0 Å². The predicted molar refractivity (Wildman–Crippen MR) is 147 cm³/mol. The first kappa shape index (κ1) is 26.8. The molecule has 8 nitrogen and oxygen atoms in total. The molecule has 2 amide bonds. The molecule has 3 aromatic rings. The van der Waals surface area contributed by atoms with Gasteiger partial charge in [0.05, 0.1) is 24.6 Å². The average molecular weight is 527 g/mol. The normalized spacial score (nSPS) is 14.1. The van der Waals surface area contributed by atoms with Gasteiger partial charge in [0.1, 0.15) is 5.82 Å². The quantitative estimate of drug-likeness (QED) is 0.333. The second-order valence-electron chi connectivity index (χ2n) is 8.68. The third-order valence-corrected chi connectivity index (χ3v) is 6.93. The Bertz CT molecular complexity index is 1190. The zero-order valence-corrected chi connectivity index (χ0v) is 22.0. The summed E-state index contributed by atoms with van der Waals surface area (Å²) >= 11 is 1.55. The molecule has 0 saturated carbocycles. The molecule has 10 heteroatoms. The van der Waals surface area contributed by atoms with Crippen LogP contribution in [0.1, 0.15) is 13.3 Å². The Morgan fingerprint density at radius 2 is 1.76 bits per heavy atom. The lowest BCUT2D eigenvalue weighted by Gasteiger charge is -2.28. The number of nitrogens with one attached hydrogen (secondary N) is 3. The number of aromatic nitrogens is 1. The van der Waals surface area contributed by atoms with Crippen molar-refractivity contribution < 1.29 is 13.9 Å². The van der Waals surface area contributed by atoms with Gasteiger partial charge in [-0.2, -0.15) is 0 Å². The molecular formula is C27H35FN6O2S. The van der Waals surface area contributed by atoms with E-state index >= 15 is 0 Å². The lowest BCUT2D eigenvalue weighted by atomic mass is 10.1. The minimum Gasteiger partial charge on any atom is -0.378 e. The molecule has 1 aromatic heterocycles. The summed E-state index contributed by atoms with van der Waals surface area (Å²) in [5.74, 6) is -0.283. The second kappa shape index (κ2) is 13.9. The topological polar surface area (TPSA) is 82.9 Å². The molecule has 0 spiro atoms. The van der Waals surface area contributed by atoms with E-state index in [9.17, 15) is 9.18 Å². The van der Waals surface area contributed by atoms with Gasteiger partial charge in [-0.15, -0.1) is 11.3 Å². The Morgan fingerprint density at radius 1 is 1.03 bits per heavy atom. The van der Waals surface area contributed by atoms with Gasteiger partial charge >= 0.3 is 6.03 Å². The summed E-state index contributed by atoms with van der Waals surface area (Å²) in [4.78, 5) is 20.0. The van der Waals surface area contributed by atoms with Crippen LogP contribution in [0.15, 0.2) is 58.9 Å². The first-order valence-electron chi connectivity index (χ1n) is 12.8. The summed E-state index contributed by atoms with van der Waals surface area (Å²) in [5, 5.41) is 11.1. The molecule has 0 radical (unpaired) electrons. The van der Waals surface area contributed by atoms with Gasteiger partial charge in [0, 0.05) is 50.3 Å².